The van der Waals surface area contributed by atoms with Gasteiger partial charge in [0.05, 0.1) is 22.0 Å². The molecule has 0 N–H and O–H groups in total. The number of nitrogens with zero attached hydrogens (tertiary/aromatic N) is 2. The van der Waals surface area contributed by atoms with Crippen molar-refractivity contribution >= 4 is 11.4 Å². The fourth-order valence-electron chi connectivity index (χ4n) is 1.54. The van der Waals surface area contributed by atoms with Gasteiger partial charge < -0.3 is 9.47 Å². The summed E-state index contributed by atoms with van der Waals surface area (Å²) in [5.74, 6) is 0.546. The van der Waals surface area contributed by atoms with Gasteiger partial charge in [0.25, 0.3) is 11.4 Å². The van der Waals surface area contributed by atoms with Crippen molar-refractivity contribution < 1.29 is 19.3 Å². The molecule has 0 spiro atoms. The van der Waals surface area contributed by atoms with Crippen LogP contribution in [0.5, 0.6) is 11.5 Å². The zero-order valence-corrected chi connectivity index (χ0v) is 10.7. The number of ether oxygens (including phenoxy) is 2. The van der Waals surface area contributed by atoms with Gasteiger partial charge in [-0.05, 0) is 12.1 Å². The zero-order chi connectivity index (χ0) is 15.2. The van der Waals surface area contributed by atoms with E-state index in [2.05, 4.69) is 0 Å². The Balaban J connectivity index is 1.95. The lowest BCUT2D eigenvalue weighted by Gasteiger charge is -2.08. The molecule has 8 heteroatoms. The van der Waals surface area contributed by atoms with Crippen molar-refractivity contribution in [3.05, 3.63) is 68.8 Å². The molecule has 0 atom stereocenters. The summed E-state index contributed by atoms with van der Waals surface area (Å²) < 4.78 is 10.4. The first kappa shape index (κ1) is 14.3. The van der Waals surface area contributed by atoms with Gasteiger partial charge in [0.2, 0.25) is 6.79 Å². The number of hydrogen-bond acceptors (Lipinski definition) is 6. The van der Waals surface area contributed by atoms with E-state index in [0.29, 0.717) is 0 Å². The molecule has 0 bridgehead atoms. The van der Waals surface area contributed by atoms with Crippen LogP contribution < -0.4 is 9.47 Å². The molecule has 0 aromatic heterocycles. The van der Waals surface area contributed by atoms with Crippen molar-refractivity contribution in [2.45, 2.75) is 0 Å². The number of nitro benzene ring substituents is 2. The molecule has 0 amide bonds. The van der Waals surface area contributed by atoms with Crippen LogP contribution in [0.2, 0.25) is 0 Å². The Hall–Kier alpha value is -3.16. The molecule has 2 aromatic carbocycles. The van der Waals surface area contributed by atoms with E-state index in [1.807, 2.05) is 0 Å². The van der Waals surface area contributed by atoms with Crippen LogP contribution in [0.4, 0.5) is 11.4 Å². The van der Waals surface area contributed by atoms with Crippen molar-refractivity contribution in [3.8, 4) is 11.5 Å². The Morgan fingerprint density at radius 2 is 1.24 bits per heavy atom. The maximum atomic E-state index is 10.6. The molecule has 0 unspecified atom stereocenters. The average Bonchev–Trinajstić information content (AvgIpc) is 2.48. The largest absolute Gasteiger partial charge is 0.457 e. The molecule has 2 rings (SSSR count). The normalized spacial score (nSPS) is 9.90. The first-order valence-corrected chi connectivity index (χ1v) is 5.81. The molecule has 2 aromatic rings. The fourth-order valence-corrected chi connectivity index (χ4v) is 1.54. The third-order valence-electron chi connectivity index (χ3n) is 2.51. The minimum atomic E-state index is -0.533. The fraction of sp³-hybridized carbons (Fsp3) is 0.0769. The van der Waals surface area contributed by atoms with Crippen molar-refractivity contribution in [2.75, 3.05) is 6.79 Å². The second-order valence-electron chi connectivity index (χ2n) is 3.92. The third-order valence-corrected chi connectivity index (χ3v) is 2.51. The number of non-ortho nitro benzene ring substituents is 2. The van der Waals surface area contributed by atoms with Crippen LogP contribution in [0.15, 0.2) is 48.5 Å². The van der Waals surface area contributed by atoms with Crippen LogP contribution in [-0.2, 0) is 0 Å². The summed E-state index contributed by atoms with van der Waals surface area (Å²) in [6.45, 7) is -0.220. The summed E-state index contributed by atoms with van der Waals surface area (Å²) >= 11 is 0. The number of rotatable bonds is 6. The summed E-state index contributed by atoms with van der Waals surface area (Å²) in [5.41, 5.74) is -0.189. The Labute approximate surface area is 118 Å². The van der Waals surface area contributed by atoms with Gasteiger partial charge in [-0.2, -0.15) is 0 Å². The highest BCUT2D eigenvalue weighted by molar-refractivity contribution is 5.39. The van der Waals surface area contributed by atoms with Crippen LogP contribution in [0.1, 0.15) is 0 Å². The standard InChI is InChI=1S/C13H10N2O6/c16-14(17)10-3-1-5-12(7-10)20-9-21-13-6-2-4-11(8-13)15(18)19/h1-8H,9H2. The molecule has 0 heterocycles. The number of hydrogen-bond donors (Lipinski definition) is 0. The van der Waals surface area contributed by atoms with Crippen molar-refractivity contribution in [3.63, 3.8) is 0 Å². The minimum absolute atomic E-state index is 0.0946. The third kappa shape index (κ3) is 3.90. The van der Waals surface area contributed by atoms with Crippen LogP contribution in [0, 0.1) is 20.2 Å². The number of benzene rings is 2. The van der Waals surface area contributed by atoms with Gasteiger partial charge in [-0.3, -0.25) is 20.2 Å². The maximum absolute atomic E-state index is 10.6. The lowest BCUT2D eigenvalue weighted by Crippen LogP contribution is -2.06. The molecule has 108 valence electrons. The van der Waals surface area contributed by atoms with E-state index in [1.54, 1.807) is 12.1 Å². The molecule has 0 radical (unpaired) electrons. The predicted molar refractivity (Wildman–Crippen MR) is 72.3 cm³/mol. The van der Waals surface area contributed by atoms with E-state index in [1.165, 1.54) is 36.4 Å². The first-order valence-electron chi connectivity index (χ1n) is 5.81. The lowest BCUT2D eigenvalue weighted by atomic mass is 10.3. The van der Waals surface area contributed by atoms with Gasteiger partial charge in [-0.1, -0.05) is 12.1 Å². The Kier molecular flexibility index (Phi) is 4.30. The highest BCUT2D eigenvalue weighted by Crippen LogP contribution is 2.21. The van der Waals surface area contributed by atoms with Gasteiger partial charge in [-0.15, -0.1) is 0 Å². The van der Waals surface area contributed by atoms with Gasteiger partial charge in [0, 0.05) is 12.1 Å². The zero-order valence-electron chi connectivity index (χ0n) is 10.7. The SMILES string of the molecule is O=[N+]([O-])c1cccc(OCOc2cccc([N+](=O)[O-])c2)c1. The second-order valence-corrected chi connectivity index (χ2v) is 3.92. The summed E-state index contributed by atoms with van der Waals surface area (Å²) in [6.07, 6.45) is 0. The molecule has 0 saturated heterocycles. The van der Waals surface area contributed by atoms with E-state index in [9.17, 15) is 20.2 Å². The van der Waals surface area contributed by atoms with Crippen LogP contribution in [0.3, 0.4) is 0 Å². The van der Waals surface area contributed by atoms with Crippen molar-refractivity contribution in [1.82, 2.24) is 0 Å². The minimum Gasteiger partial charge on any atom is -0.457 e. The first-order chi connectivity index (χ1) is 10.1. The van der Waals surface area contributed by atoms with Gasteiger partial charge in [0.15, 0.2) is 0 Å². The van der Waals surface area contributed by atoms with Gasteiger partial charge >= 0.3 is 0 Å². The molecular formula is C13H10N2O6. The molecule has 0 fully saturated rings. The summed E-state index contributed by atoms with van der Waals surface area (Å²) in [4.78, 5) is 20.1. The van der Waals surface area contributed by atoms with E-state index in [-0.39, 0.29) is 29.7 Å². The predicted octanol–water partition coefficient (Wildman–Crippen LogP) is 2.92. The van der Waals surface area contributed by atoms with E-state index < -0.39 is 9.85 Å². The number of nitro groups is 2. The molecule has 0 aliphatic heterocycles. The topological polar surface area (TPSA) is 105 Å². The van der Waals surface area contributed by atoms with Crippen molar-refractivity contribution in [2.24, 2.45) is 0 Å². The summed E-state index contributed by atoms with van der Waals surface area (Å²) in [5, 5.41) is 21.2. The Morgan fingerprint density at radius 1 is 0.810 bits per heavy atom. The van der Waals surface area contributed by atoms with E-state index >= 15 is 0 Å². The smallest absolute Gasteiger partial charge is 0.273 e. The van der Waals surface area contributed by atoms with Gasteiger partial charge in [0.1, 0.15) is 11.5 Å². The maximum Gasteiger partial charge on any atom is 0.273 e. The van der Waals surface area contributed by atoms with E-state index in [0.717, 1.165) is 0 Å². The van der Waals surface area contributed by atoms with Crippen molar-refractivity contribution in [1.29, 1.82) is 0 Å². The summed E-state index contributed by atoms with van der Waals surface area (Å²) in [6, 6.07) is 11.3. The monoisotopic (exact) mass is 290 g/mol. The molecular weight excluding hydrogens is 280 g/mol. The molecule has 0 aliphatic carbocycles. The van der Waals surface area contributed by atoms with Gasteiger partial charge in [-0.25, -0.2) is 0 Å². The lowest BCUT2D eigenvalue weighted by molar-refractivity contribution is -0.385. The van der Waals surface area contributed by atoms with E-state index in [4.69, 9.17) is 9.47 Å². The molecule has 0 saturated carbocycles. The second kappa shape index (κ2) is 6.33. The van der Waals surface area contributed by atoms with Crippen LogP contribution in [0.25, 0.3) is 0 Å². The molecule has 0 aliphatic rings. The molecule has 8 nitrogen and oxygen atoms in total. The average molecular weight is 290 g/mol. The van der Waals surface area contributed by atoms with Crippen LogP contribution >= 0.6 is 0 Å². The Bertz CT molecular complexity index is 616. The summed E-state index contributed by atoms with van der Waals surface area (Å²) in [7, 11) is 0. The molecule has 21 heavy (non-hydrogen) atoms. The quantitative estimate of drug-likeness (QED) is 0.460. The van der Waals surface area contributed by atoms with Crippen LogP contribution in [-0.4, -0.2) is 16.6 Å². The highest BCUT2D eigenvalue weighted by Gasteiger charge is 2.08. The Morgan fingerprint density at radius 3 is 1.62 bits per heavy atom. The highest BCUT2D eigenvalue weighted by atomic mass is 16.7.